The Balaban J connectivity index is 3.71. The molecule has 3 heteroatoms. The van der Waals surface area contributed by atoms with Gasteiger partial charge in [0.05, 0.1) is 6.04 Å². The summed E-state index contributed by atoms with van der Waals surface area (Å²) >= 11 is 0. The SMILES string of the molecule is CCCN(C)C(=O)C(C)N. The van der Waals surface area contributed by atoms with Gasteiger partial charge in [-0.05, 0) is 13.3 Å². The van der Waals surface area contributed by atoms with Crippen LogP contribution in [0.25, 0.3) is 0 Å². The summed E-state index contributed by atoms with van der Waals surface area (Å²) in [4.78, 5) is 12.7. The number of carbonyl (C=O) groups excluding carboxylic acids is 1. The molecule has 1 unspecified atom stereocenters. The summed E-state index contributed by atoms with van der Waals surface area (Å²) < 4.78 is 0. The van der Waals surface area contributed by atoms with Gasteiger partial charge in [0.15, 0.2) is 0 Å². The highest BCUT2D eigenvalue weighted by Crippen LogP contribution is 1.90. The first kappa shape index (κ1) is 9.43. The highest BCUT2D eigenvalue weighted by atomic mass is 16.2. The second kappa shape index (κ2) is 4.28. The fourth-order valence-electron chi connectivity index (χ4n) is 0.793. The minimum absolute atomic E-state index is 0.0156. The molecule has 0 saturated carbocycles. The maximum absolute atomic E-state index is 11.0. The summed E-state index contributed by atoms with van der Waals surface area (Å²) in [7, 11) is 1.77. The van der Waals surface area contributed by atoms with Crippen molar-refractivity contribution in [2.75, 3.05) is 13.6 Å². The van der Waals surface area contributed by atoms with Gasteiger partial charge in [0.2, 0.25) is 5.91 Å². The van der Waals surface area contributed by atoms with Crippen molar-refractivity contribution >= 4 is 5.91 Å². The van der Waals surface area contributed by atoms with E-state index in [0.29, 0.717) is 0 Å². The first-order chi connectivity index (χ1) is 4.59. The molecule has 3 nitrogen and oxygen atoms in total. The Hall–Kier alpha value is -0.570. The van der Waals surface area contributed by atoms with Gasteiger partial charge < -0.3 is 10.6 Å². The van der Waals surface area contributed by atoms with Crippen molar-refractivity contribution in [1.29, 1.82) is 0 Å². The van der Waals surface area contributed by atoms with E-state index in [1.807, 2.05) is 6.92 Å². The number of hydrogen-bond acceptors (Lipinski definition) is 2. The Morgan fingerprint density at radius 2 is 2.20 bits per heavy atom. The molecule has 0 fully saturated rings. The van der Waals surface area contributed by atoms with Crippen LogP contribution in [0.15, 0.2) is 0 Å². The lowest BCUT2D eigenvalue weighted by Crippen LogP contribution is -2.39. The largest absolute Gasteiger partial charge is 0.344 e. The Morgan fingerprint density at radius 1 is 1.70 bits per heavy atom. The summed E-state index contributed by atoms with van der Waals surface area (Å²) in [6.07, 6.45) is 0.981. The van der Waals surface area contributed by atoms with Crippen molar-refractivity contribution in [1.82, 2.24) is 4.90 Å². The van der Waals surface area contributed by atoms with E-state index in [4.69, 9.17) is 5.73 Å². The summed E-state index contributed by atoms with van der Waals surface area (Å²) in [6, 6.07) is -0.364. The zero-order valence-electron chi connectivity index (χ0n) is 6.92. The van der Waals surface area contributed by atoms with E-state index in [0.717, 1.165) is 13.0 Å². The highest BCUT2D eigenvalue weighted by molar-refractivity contribution is 5.80. The van der Waals surface area contributed by atoms with Gasteiger partial charge in [-0.1, -0.05) is 6.92 Å². The molecule has 0 bridgehead atoms. The fourth-order valence-corrected chi connectivity index (χ4v) is 0.793. The molecule has 0 radical (unpaired) electrons. The molecular formula is C7H16N2O. The molecule has 2 N–H and O–H groups in total. The summed E-state index contributed by atoms with van der Waals surface area (Å²) in [6.45, 7) is 4.53. The molecule has 1 amide bonds. The maximum atomic E-state index is 11.0. The number of hydrogen-bond donors (Lipinski definition) is 1. The first-order valence-corrected chi connectivity index (χ1v) is 3.60. The van der Waals surface area contributed by atoms with Gasteiger partial charge in [-0.2, -0.15) is 0 Å². The van der Waals surface area contributed by atoms with Crippen molar-refractivity contribution < 1.29 is 4.79 Å². The van der Waals surface area contributed by atoms with Crippen LogP contribution in [-0.4, -0.2) is 30.4 Å². The van der Waals surface area contributed by atoms with Gasteiger partial charge in [0.1, 0.15) is 0 Å². The molecule has 0 aliphatic rings. The van der Waals surface area contributed by atoms with Crippen LogP contribution in [0.1, 0.15) is 20.3 Å². The van der Waals surface area contributed by atoms with Gasteiger partial charge in [-0.15, -0.1) is 0 Å². The van der Waals surface area contributed by atoms with Crippen LogP contribution >= 0.6 is 0 Å². The Bertz CT molecular complexity index is 112. The van der Waals surface area contributed by atoms with Gasteiger partial charge in [-0.25, -0.2) is 0 Å². The Labute approximate surface area is 62.2 Å². The maximum Gasteiger partial charge on any atom is 0.238 e. The molecule has 0 saturated heterocycles. The predicted octanol–water partition coefficient (Wildman–Crippen LogP) is 0.202. The van der Waals surface area contributed by atoms with Gasteiger partial charge in [0, 0.05) is 13.6 Å². The second-order valence-electron chi connectivity index (χ2n) is 2.55. The molecule has 0 aliphatic heterocycles. The quantitative estimate of drug-likeness (QED) is 0.615. The van der Waals surface area contributed by atoms with E-state index in [2.05, 4.69) is 0 Å². The summed E-state index contributed by atoms with van der Waals surface area (Å²) in [5, 5.41) is 0. The Kier molecular flexibility index (Phi) is 4.03. The lowest BCUT2D eigenvalue weighted by Gasteiger charge is -2.17. The molecule has 0 aliphatic carbocycles. The Morgan fingerprint density at radius 3 is 2.50 bits per heavy atom. The molecule has 0 rings (SSSR count). The molecule has 0 aromatic heterocycles. The van der Waals surface area contributed by atoms with Crippen LogP contribution in [0.2, 0.25) is 0 Å². The standard InChI is InChI=1S/C7H16N2O/c1-4-5-9(3)7(10)6(2)8/h6H,4-5,8H2,1-3H3. The van der Waals surface area contributed by atoms with E-state index >= 15 is 0 Å². The van der Waals surface area contributed by atoms with Crippen molar-refractivity contribution in [3.63, 3.8) is 0 Å². The van der Waals surface area contributed by atoms with Crippen LogP contribution in [0, 0.1) is 0 Å². The third-order valence-electron chi connectivity index (χ3n) is 1.32. The number of rotatable bonds is 3. The first-order valence-electron chi connectivity index (χ1n) is 3.60. The number of nitrogens with zero attached hydrogens (tertiary/aromatic N) is 1. The van der Waals surface area contributed by atoms with Crippen LogP contribution in [0.5, 0.6) is 0 Å². The van der Waals surface area contributed by atoms with E-state index < -0.39 is 0 Å². The van der Waals surface area contributed by atoms with Crippen LogP contribution in [0.4, 0.5) is 0 Å². The third kappa shape index (κ3) is 2.82. The third-order valence-corrected chi connectivity index (χ3v) is 1.32. The molecule has 1 atom stereocenters. The second-order valence-corrected chi connectivity index (χ2v) is 2.55. The molecule has 0 heterocycles. The number of amides is 1. The number of likely N-dealkylation sites (N-methyl/N-ethyl adjacent to an activating group) is 1. The van der Waals surface area contributed by atoms with Crippen LogP contribution < -0.4 is 5.73 Å². The molecule has 0 aromatic carbocycles. The smallest absolute Gasteiger partial charge is 0.238 e. The zero-order chi connectivity index (χ0) is 8.15. The van der Waals surface area contributed by atoms with Crippen molar-refractivity contribution in [3.8, 4) is 0 Å². The number of carbonyl (C=O) groups is 1. The minimum atomic E-state index is -0.364. The van der Waals surface area contributed by atoms with Crippen molar-refractivity contribution in [3.05, 3.63) is 0 Å². The van der Waals surface area contributed by atoms with E-state index in [9.17, 15) is 4.79 Å². The van der Waals surface area contributed by atoms with Crippen molar-refractivity contribution in [2.45, 2.75) is 26.3 Å². The minimum Gasteiger partial charge on any atom is -0.344 e. The summed E-state index contributed by atoms with van der Waals surface area (Å²) in [5.74, 6) is 0.0156. The van der Waals surface area contributed by atoms with Gasteiger partial charge in [0.25, 0.3) is 0 Å². The fraction of sp³-hybridized carbons (Fsp3) is 0.857. The highest BCUT2D eigenvalue weighted by Gasteiger charge is 2.11. The van der Waals surface area contributed by atoms with E-state index in [-0.39, 0.29) is 11.9 Å². The lowest BCUT2D eigenvalue weighted by atomic mass is 10.3. The average molecular weight is 144 g/mol. The number of nitrogens with two attached hydrogens (primary N) is 1. The van der Waals surface area contributed by atoms with E-state index in [1.165, 1.54) is 0 Å². The summed E-state index contributed by atoms with van der Waals surface area (Å²) in [5.41, 5.74) is 5.38. The molecular weight excluding hydrogens is 128 g/mol. The zero-order valence-corrected chi connectivity index (χ0v) is 6.92. The van der Waals surface area contributed by atoms with Crippen molar-refractivity contribution in [2.24, 2.45) is 5.73 Å². The van der Waals surface area contributed by atoms with E-state index in [1.54, 1.807) is 18.9 Å². The molecule has 60 valence electrons. The van der Waals surface area contributed by atoms with Gasteiger partial charge in [-0.3, -0.25) is 4.79 Å². The lowest BCUT2D eigenvalue weighted by molar-refractivity contribution is -0.130. The average Bonchev–Trinajstić information content (AvgIpc) is 1.87. The normalized spacial score (nSPS) is 12.8. The molecule has 10 heavy (non-hydrogen) atoms. The topological polar surface area (TPSA) is 46.3 Å². The predicted molar refractivity (Wildman–Crippen MR) is 41.6 cm³/mol. The molecule has 0 aromatic rings. The monoisotopic (exact) mass is 144 g/mol. The van der Waals surface area contributed by atoms with Gasteiger partial charge >= 0.3 is 0 Å². The molecule has 0 spiro atoms. The van der Waals surface area contributed by atoms with Crippen LogP contribution in [-0.2, 0) is 4.79 Å². The van der Waals surface area contributed by atoms with Crippen LogP contribution in [0.3, 0.4) is 0 Å².